The summed E-state index contributed by atoms with van der Waals surface area (Å²) in [6, 6.07) is 30.4. The van der Waals surface area contributed by atoms with E-state index in [2.05, 4.69) is 28.8 Å². The Morgan fingerprint density at radius 1 is 0.867 bits per heavy atom. The van der Waals surface area contributed by atoms with E-state index in [1.165, 1.54) is 0 Å². The first-order valence-corrected chi connectivity index (χ1v) is 10.8. The van der Waals surface area contributed by atoms with E-state index in [0.29, 0.717) is 12.2 Å². The zero-order valence-electron chi connectivity index (χ0n) is 17.0. The van der Waals surface area contributed by atoms with Gasteiger partial charge in [-0.1, -0.05) is 78.5 Å². The summed E-state index contributed by atoms with van der Waals surface area (Å²) in [5.41, 5.74) is 4.41. The van der Waals surface area contributed by atoms with E-state index in [1.54, 1.807) is 11.8 Å². The van der Waals surface area contributed by atoms with Crippen LogP contribution in [0.25, 0.3) is 16.8 Å². The fraction of sp³-hybridized carbons (Fsp3) is 0.115. The second-order valence-electron chi connectivity index (χ2n) is 6.81. The number of hydrogen-bond donors (Lipinski definition) is 0. The number of esters is 1. The highest BCUT2D eigenvalue weighted by atomic mass is 32.2. The number of carbonyl (C=O) groups is 1. The highest BCUT2D eigenvalue weighted by Gasteiger charge is 2.28. The molecule has 0 aliphatic rings. The van der Waals surface area contributed by atoms with Gasteiger partial charge < -0.3 is 9.30 Å². The average Bonchev–Trinajstić information content (AvgIpc) is 3.07. The van der Waals surface area contributed by atoms with Crippen LogP contribution in [0.4, 0.5) is 0 Å². The van der Waals surface area contributed by atoms with Gasteiger partial charge in [0.05, 0.1) is 17.2 Å². The van der Waals surface area contributed by atoms with Gasteiger partial charge in [0.15, 0.2) is 0 Å². The molecule has 0 aliphatic heterocycles. The summed E-state index contributed by atoms with van der Waals surface area (Å²) in [6.07, 6.45) is 0. The fourth-order valence-electron chi connectivity index (χ4n) is 3.57. The molecule has 0 bridgehead atoms. The number of nitrogens with zero attached hydrogens (tertiary/aromatic N) is 1. The van der Waals surface area contributed by atoms with E-state index in [-0.39, 0.29) is 5.97 Å². The third-order valence-corrected chi connectivity index (χ3v) is 5.97. The van der Waals surface area contributed by atoms with E-state index in [9.17, 15) is 4.79 Å². The zero-order chi connectivity index (χ0) is 20.9. The monoisotopic (exact) mass is 413 g/mol. The number of benzene rings is 3. The maximum Gasteiger partial charge on any atom is 0.340 e. The van der Waals surface area contributed by atoms with Gasteiger partial charge in [-0.3, -0.25) is 0 Å². The van der Waals surface area contributed by atoms with Crippen LogP contribution in [0.15, 0.2) is 101 Å². The number of rotatable bonds is 6. The third kappa shape index (κ3) is 3.91. The molecule has 1 aromatic heterocycles. The van der Waals surface area contributed by atoms with Gasteiger partial charge in [0.25, 0.3) is 0 Å². The summed E-state index contributed by atoms with van der Waals surface area (Å²) in [6.45, 7) is 4.16. The first-order chi connectivity index (χ1) is 14.7. The van der Waals surface area contributed by atoms with Crippen LogP contribution in [0.3, 0.4) is 0 Å². The van der Waals surface area contributed by atoms with Gasteiger partial charge in [-0.05, 0) is 43.7 Å². The second kappa shape index (κ2) is 9.06. The molecule has 3 aromatic carbocycles. The molecular weight excluding hydrogens is 390 g/mol. The molecule has 4 heteroatoms. The van der Waals surface area contributed by atoms with Crippen molar-refractivity contribution in [2.45, 2.75) is 23.8 Å². The van der Waals surface area contributed by atoms with Gasteiger partial charge in [-0.2, -0.15) is 0 Å². The van der Waals surface area contributed by atoms with Crippen LogP contribution in [0.5, 0.6) is 0 Å². The largest absolute Gasteiger partial charge is 0.462 e. The van der Waals surface area contributed by atoms with Crippen molar-refractivity contribution in [1.82, 2.24) is 4.57 Å². The molecule has 150 valence electrons. The molecular formula is C26H23NO2S. The lowest BCUT2D eigenvalue weighted by molar-refractivity contribution is 0.0526. The number of aromatic nitrogens is 1. The predicted octanol–water partition coefficient (Wildman–Crippen LogP) is 6.78. The lowest BCUT2D eigenvalue weighted by Gasteiger charge is -2.13. The molecule has 0 spiro atoms. The summed E-state index contributed by atoms with van der Waals surface area (Å²) in [5, 5.41) is 0.999. The Morgan fingerprint density at radius 2 is 1.43 bits per heavy atom. The minimum Gasteiger partial charge on any atom is -0.462 e. The standard InChI is InChI=1S/C26H23NO2S/c1-3-29-26(28)23-19(2)27(21-15-9-5-10-16-21)25(30-22-17-11-6-12-18-22)24(23)20-13-7-4-8-14-20/h4-18H,3H2,1-2H3. The van der Waals surface area contributed by atoms with Crippen molar-refractivity contribution in [3.63, 3.8) is 0 Å². The third-order valence-electron chi connectivity index (χ3n) is 4.88. The lowest BCUT2D eigenvalue weighted by Crippen LogP contribution is -2.07. The smallest absolute Gasteiger partial charge is 0.340 e. The number of carbonyl (C=O) groups excluding carboxylic acids is 1. The number of para-hydroxylation sites is 1. The van der Waals surface area contributed by atoms with Gasteiger partial charge >= 0.3 is 5.97 Å². The molecule has 0 radical (unpaired) electrons. The van der Waals surface area contributed by atoms with E-state index in [4.69, 9.17) is 4.74 Å². The van der Waals surface area contributed by atoms with Crippen LogP contribution in [0.1, 0.15) is 23.0 Å². The normalized spacial score (nSPS) is 10.7. The average molecular weight is 414 g/mol. The van der Waals surface area contributed by atoms with Crippen molar-refractivity contribution in [3.8, 4) is 16.8 Å². The van der Waals surface area contributed by atoms with Crippen LogP contribution in [0, 0.1) is 6.92 Å². The van der Waals surface area contributed by atoms with Gasteiger partial charge in [0.1, 0.15) is 0 Å². The van der Waals surface area contributed by atoms with Gasteiger partial charge in [0, 0.05) is 21.8 Å². The molecule has 0 fully saturated rings. The topological polar surface area (TPSA) is 31.2 Å². The summed E-state index contributed by atoms with van der Waals surface area (Å²) < 4.78 is 7.62. The maximum atomic E-state index is 13.1. The molecule has 4 aromatic rings. The SMILES string of the molecule is CCOC(=O)c1c(-c2ccccc2)c(Sc2ccccc2)n(-c2ccccc2)c1C. The van der Waals surface area contributed by atoms with Crippen molar-refractivity contribution in [2.75, 3.05) is 6.61 Å². The molecule has 1 heterocycles. The molecule has 0 saturated heterocycles. The second-order valence-corrected chi connectivity index (χ2v) is 7.88. The minimum atomic E-state index is -0.293. The molecule has 0 saturated carbocycles. The van der Waals surface area contributed by atoms with Gasteiger partial charge in [-0.25, -0.2) is 4.79 Å². The summed E-state index contributed by atoms with van der Waals surface area (Å²) in [7, 11) is 0. The summed E-state index contributed by atoms with van der Waals surface area (Å²) in [4.78, 5) is 14.2. The highest BCUT2D eigenvalue weighted by Crippen LogP contribution is 2.43. The Balaban J connectivity index is 2.03. The van der Waals surface area contributed by atoms with Crippen molar-refractivity contribution in [2.24, 2.45) is 0 Å². The number of hydrogen-bond acceptors (Lipinski definition) is 3. The van der Waals surface area contributed by atoms with E-state index >= 15 is 0 Å². The minimum absolute atomic E-state index is 0.293. The molecule has 30 heavy (non-hydrogen) atoms. The Labute approximate surface area is 181 Å². The van der Waals surface area contributed by atoms with Crippen LogP contribution < -0.4 is 0 Å². The van der Waals surface area contributed by atoms with Crippen LogP contribution in [-0.4, -0.2) is 17.1 Å². The Kier molecular flexibility index (Phi) is 6.05. The maximum absolute atomic E-state index is 13.1. The van der Waals surface area contributed by atoms with Gasteiger partial charge in [0.2, 0.25) is 0 Å². The van der Waals surface area contributed by atoms with Crippen LogP contribution >= 0.6 is 11.8 Å². The van der Waals surface area contributed by atoms with Crippen LogP contribution in [-0.2, 0) is 4.74 Å². The molecule has 0 amide bonds. The Morgan fingerprint density at radius 3 is 2.03 bits per heavy atom. The molecule has 0 aliphatic carbocycles. The first-order valence-electron chi connectivity index (χ1n) is 9.97. The summed E-state index contributed by atoms with van der Waals surface area (Å²) in [5.74, 6) is -0.293. The molecule has 0 N–H and O–H groups in total. The Hall–Kier alpha value is -3.24. The van der Waals surface area contributed by atoms with E-state index in [1.807, 2.05) is 80.6 Å². The van der Waals surface area contributed by atoms with Gasteiger partial charge in [-0.15, -0.1) is 0 Å². The van der Waals surface area contributed by atoms with Crippen molar-refractivity contribution in [3.05, 3.63) is 102 Å². The van der Waals surface area contributed by atoms with E-state index in [0.717, 1.165) is 32.4 Å². The fourth-order valence-corrected chi connectivity index (χ4v) is 4.75. The van der Waals surface area contributed by atoms with E-state index < -0.39 is 0 Å². The first kappa shape index (κ1) is 20.0. The number of ether oxygens (including phenoxy) is 1. The molecule has 4 rings (SSSR count). The Bertz CT molecular complexity index is 1140. The summed E-state index contributed by atoms with van der Waals surface area (Å²) >= 11 is 1.66. The molecule has 0 unspecified atom stereocenters. The zero-order valence-corrected chi connectivity index (χ0v) is 17.9. The van der Waals surface area contributed by atoms with Crippen molar-refractivity contribution < 1.29 is 9.53 Å². The van der Waals surface area contributed by atoms with Crippen molar-refractivity contribution >= 4 is 17.7 Å². The molecule has 3 nitrogen and oxygen atoms in total. The quantitative estimate of drug-likeness (QED) is 0.326. The highest BCUT2D eigenvalue weighted by molar-refractivity contribution is 7.99. The van der Waals surface area contributed by atoms with Crippen molar-refractivity contribution in [1.29, 1.82) is 0 Å². The van der Waals surface area contributed by atoms with Crippen LogP contribution in [0.2, 0.25) is 0 Å². The molecule has 0 atom stereocenters. The lowest BCUT2D eigenvalue weighted by atomic mass is 10.0. The predicted molar refractivity (Wildman–Crippen MR) is 122 cm³/mol.